The monoisotopic (exact) mass is 506 g/mol. The van der Waals surface area contributed by atoms with Crippen LogP contribution in [0, 0.1) is 47.3 Å². The van der Waals surface area contributed by atoms with Gasteiger partial charge in [-0.05, 0) is 54.1 Å². The topological polar surface area (TPSA) is 52.6 Å². The summed E-state index contributed by atoms with van der Waals surface area (Å²) in [5.41, 5.74) is 1.19. The Morgan fingerprint density at radius 1 is 0.703 bits per heavy atom. The molecule has 0 N–H and O–H groups in total. The van der Waals surface area contributed by atoms with Crippen LogP contribution in [0.1, 0.15) is 74.7 Å². The fraction of sp³-hybridized carbons (Fsp3) is 0.636. The van der Waals surface area contributed by atoms with Crippen LogP contribution in [0.15, 0.2) is 59.8 Å². The molecule has 4 nitrogen and oxygen atoms in total. The van der Waals surface area contributed by atoms with Gasteiger partial charge < -0.3 is 9.47 Å². The van der Waals surface area contributed by atoms with Crippen LogP contribution < -0.4 is 0 Å². The van der Waals surface area contributed by atoms with Crippen molar-refractivity contribution in [3.8, 4) is 0 Å². The first-order valence-electron chi connectivity index (χ1n) is 14.3. The second-order valence-corrected chi connectivity index (χ2v) is 12.9. The Hall–Kier alpha value is -2.36. The zero-order valence-electron chi connectivity index (χ0n) is 24.0. The summed E-state index contributed by atoms with van der Waals surface area (Å²) in [7, 11) is 0. The summed E-state index contributed by atoms with van der Waals surface area (Å²) >= 11 is 0. The molecule has 37 heavy (non-hydrogen) atoms. The van der Waals surface area contributed by atoms with Gasteiger partial charge in [0, 0.05) is 12.8 Å². The maximum atomic E-state index is 13.9. The Bertz CT molecular complexity index is 970. The summed E-state index contributed by atoms with van der Waals surface area (Å²) in [6.45, 7) is 17.1. The van der Waals surface area contributed by atoms with Crippen LogP contribution in [0.3, 0.4) is 0 Å². The molecule has 0 aromatic heterocycles. The Morgan fingerprint density at radius 3 is 1.41 bits per heavy atom. The lowest BCUT2D eigenvalue weighted by molar-refractivity contribution is -0.178. The van der Waals surface area contributed by atoms with E-state index < -0.39 is 23.0 Å². The number of hydrogen-bond acceptors (Lipinski definition) is 4. The number of carbonyl (C=O) groups is 2. The van der Waals surface area contributed by atoms with E-state index in [-0.39, 0.29) is 35.6 Å². The predicted octanol–water partition coefficient (Wildman–Crippen LogP) is 7.39. The van der Waals surface area contributed by atoms with E-state index in [9.17, 15) is 9.59 Å². The number of esters is 2. The summed E-state index contributed by atoms with van der Waals surface area (Å²) in [4.78, 5) is 27.8. The summed E-state index contributed by atoms with van der Waals surface area (Å²) in [6.07, 6.45) is 18.8. The first kappa shape index (κ1) is 27.7. The maximum absolute atomic E-state index is 13.9. The van der Waals surface area contributed by atoms with Gasteiger partial charge in [0.05, 0.1) is 11.8 Å². The molecule has 4 rings (SSSR count). The Labute approximate surface area is 223 Å². The molecular weight excluding hydrogens is 460 g/mol. The maximum Gasteiger partial charge on any atom is 0.311 e. The molecule has 0 aromatic carbocycles. The molecule has 0 aliphatic heterocycles. The van der Waals surface area contributed by atoms with Crippen LogP contribution in [0.5, 0.6) is 0 Å². The first-order valence-corrected chi connectivity index (χ1v) is 14.3. The van der Waals surface area contributed by atoms with Crippen molar-refractivity contribution in [2.75, 3.05) is 0 Å². The average molecular weight is 507 g/mol. The van der Waals surface area contributed by atoms with Gasteiger partial charge in [-0.1, -0.05) is 103 Å². The molecule has 0 amide bonds. The molecule has 0 radical (unpaired) electrons. The smallest absolute Gasteiger partial charge is 0.311 e. The third-order valence-corrected chi connectivity index (χ3v) is 9.36. The van der Waals surface area contributed by atoms with Gasteiger partial charge in [0.2, 0.25) is 0 Å². The lowest BCUT2D eigenvalue weighted by Crippen LogP contribution is -2.47. The molecular formula is C33H46O4. The van der Waals surface area contributed by atoms with Crippen molar-refractivity contribution in [2.24, 2.45) is 47.3 Å². The number of rotatable bonds is 8. The van der Waals surface area contributed by atoms with Crippen molar-refractivity contribution in [1.82, 2.24) is 0 Å². The summed E-state index contributed by atoms with van der Waals surface area (Å²) in [5, 5.41) is 0. The van der Waals surface area contributed by atoms with E-state index in [4.69, 9.17) is 9.47 Å². The Balaban J connectivity index is 1.57. The molecule has 0 spiro atoms. The van der Waals surface area contributed by atoms with E-state index in [0.717, 1.165) is 6.42 Å². The minimum absolute atomic E-state index is 0.0231. The first-order chi connectivity index (χ1) is 17.4. The summed E-state index contributed by atoms with van der Waals surface area (Å²) in [6, 6.07) is 0. The molecule has 6 atom stereocenters. The van der Waals surface area contributed by atoms with Gasteiger partial charge in [0.1, 0.15) is 11.2 Å². The molecule has 4 aliphatic carbocycles. The molecule has 0 heterocycles. The van der Waals surface area contributed by atoms with Gasteiger partial charge in [-0.15, -0.1) is 0 Å². The predicted molar refractivity (Wildman–Crippen MR) is 148 cm³/mol. The van der Waals surface area contributed by atoms with E-state index in [1.54, 1.807) is 0 Å². The molecule has 4 aliphatic rings. The third-order valence-electron chi connectivity index (χ3n) is 9.36. The second-order valence-electron chi connectivity index (χ2n) is 12.9. The zero-order valence-corrected chi connectivity index (χ0v) is 24.0. The molecule has 1 saturated carbocycles. The summed E-state index contributed by atoms with van der Waals surface area (Å²) in [5.74, 6) is -0.477. The summed E-state index contributed by atoms with van der Waals surface area (Å²) < 4.78 is 12.8. The number of fused-ring (bicyclic) bond motifs is 2. The fourth-order valence-electron chi connectivity index (χ4n) is 6.48. The van der Waals surface area contributed by atoms with E-state index in [1.807, 2.05) is 24.3 Å². The zero-order chi connectivity index (χ0) is 27.1. The van der Waals surface area contributed by atoms with Gasteiger partial charge >= 0.3 is 11.9 Å². The largest absolute Gasteiger partial charge is 0.454 e. The fourth-order valence-corrected chi connectivity index (χ4v) is 6.48. The van der Waals surface area contributed by atoms with Gasteiger partial charge in [0.25, 0.3) is 0 Å². The molecule has 6 unspecified atom stereocenters. The molecule has 0 aromatic rings. The van der Waals surface area contributed by atoms with Crippen LogP contribution in [-0.2, 0) is 19.1 Å². The van der Waals surface area contributed by atoms with E-state index >= 15 is 0 Å². The minimum Gasteiger partial charge on any atom is -0.454 e. The van der Waals surface area contributed by atoms with Crippen LogP contribution in [0.25, 0.3) is 0 Å². The highest BCUT2D eigenvalue weighted by molar-refractivity contribution is 5.85. The standard InChI is InChI=1S/C33H46O4/c1-20(2)26-11-9-15-32(18-26,22(5)6)36-30(34)28-24-13-14-25(17-24)29(28)31(35)37-33(23(7)8)16-10-12-27(19-33)21(3)4/h9-16,20-25,28-29H,17-19H2,1-8H3. The van der Waals surface area contributed by atoms with Crippen LogP contribution in [0.4, 0.5) is 0 Å². The van der Waals surface area contributed by atoms with Crippen molar-refractivity contribution >= 4 is 11.9 Å². The van der Waals surface area contributed by atoms with E-state index in [0.29, 0.717) is 24.7 Å². The van der Waals surface area contributed by atoms with Crippen molar-refractivity contribution in [1.29, 1.82) is 0 Å². The highest BCUT2D eigenvalue weighted by Crippen LogP contribution is 2.51. The number of carbonyl (C=O) groups excluding carboxylic acids is 2. The quantitative estimate of drug-likeness (QED) is 0.254. The molecule has 0 saturated heterocycles. The lowest BCUT2D eigenvalue weighted by atomic mass is 9.77. The van der Waals surface area contributed by atoms with Gasteiger partial charge in [0.15, 0.2) is 0 Å². The number of ether oxygens (including phenoxy) is 2. The molecule has 2 bridgehead atoms. The van der Waals surface area contributed by atoms with Crippen molar-refractivity contribution in [3.05, 3.63) is 59.8 Å². The third kappa shape index (κ3) is 5.18. The lowest BCUT2D eigenvalue weighted by Gasteiger charge is -2.41. The minimum atomic E-state index is -0.687. The van der Waals surface area contributed by atoms with Crippen LogP contribution in [0.2, 0.25) is 0 Å². The van der Waals surface area contributed by atoms with Crippen molar-refractivity contribution in [3.63, 3.8) is 0 Å². The normalized spacial score (nSPS) is 34.5. The van der Waals surface area contributed by atoms with Gasteiger partial charge in [-0.3, -0.25) is 9.59 Å². The van der Waals surface area contributed by atoms with Crippen molar-refractivity contribution in [2.45, 2.75) is 85.9 Å². The van der Waals surface area contributed by atoms with Crippen LogP contribution in [-0.4, -0.2) is 23.1 Å². The highest BCUT2D eigenvalue weighted by Gasteiger charge is 2.56. The second kappa shape index (κ2) is 10.4. The average Bonchev–Trinajstić information content (AvgIpc) is 3.46. The van der Waals surface area contributed by atoms with E-state index in [1.165, 1.54) is 11.1 Å². The SMILES string of the molecule is CC(C)C1=CC=CC(OC(=O)C2C3C=CC(C3)C2C(=O)OC2(C(C)C)C=CC=C(C(C)C)C2)(C(C)C)C1. The van der Waals surface area contributed by atoms with Gasteiger partial charge in [-0.25, -0.2) is 0 Å². The van der Waals surface area contributed by atoms with Crippen LogP contribution >= 0.6 is 0 Å². The Kier molecular flexibility index (Phi) is 7.79. The van der Waals surface area contributed by atoms with E-state index in [2.05, 4.69) is 79.7 Å². The highest BCUT2D eigenvalue weighted by atomic mass is 16.6. The molecule has 4 heteroatoms. The molecule has 1 fully saturated rings. The Morgan fingerprint density at radius 2 is 1.08 bits per heavy atom. The molecule has 202 valence electrons. The number of allylic oxidation sites excluding steroid dienone is 6. The number of hydrogen-bond donors (Lipinski definition) is 0. The van der Waals surface area contributed by atoms with Crippen molar-refractivity contribution < 1.29 is 19.1 Å². The van der Waals surface area contributed by atoms with Gasteiger partial charge in [-0.2, -0.15) is 0 Å².